The molecule has 23 heavy (non-hydrogen) atoms. The van der Waals surface area contributed by atoms with Crippen molar-refractivity contribution >= 4 is 29.5 Å². The lowest BCUT2D eigenvalue weighted by atomic mass is 10.3. The van der Waals surface area contributed by atoms with Crippen LogP contribution in [0.15, 0.2) is 23.1 Å². The Morgan fingerprint density at radius 2 is 1.91 bits per heavy atom. The summed E-state index contributed by atoms with van der Waals surface area (Å²) in [5.74, 6) is -3.15. The van der Waals surface area contributed by atoms with Gasteiger partial charge in [0, 0.05) is 17.7 Å². The van der Waals surface area contributed by atoms with Gasteiger partial charge >= 0.3 is 5.97 Å². The van der Waals surface area contributed by atoms with Crippen molar-refractivity contribution in [3.05, 3.63) is 29.8 Å². The molecule has 2 N–H and O–H groups in total. The van der Waals surface area contributed by atoms with Crippen LogP contribution in [-0.4, -0.2) is 43.7 Å². The number of carbonyl (C=O) groups is 3. The van der Waals surface area contributed by atoms with Crippen molar-refractivity contribution in [1.29, 1.82) is 0 Å². The van der Waals surface area contributed by atoms with Gasteiger partial charge in [0.1, 0.15) is 0 Å². The highest BCUT2D eigenvalue weighted by Crippen LogP contribution is 2.21. The van der Waals surface area contributed by atoms with Crippen LogP contribution in [-0.2, 0) is 19.1 Å². The van der Waals surface area contributed by atoms with Crippen LogP contribution >= 0.6 is 11.8 Å². The lowest BCUT2D eigenvalue weighted by Crippen LogP contribution is -2.37. The van der Waals surface area contributed by atoms with Crippen molar-refractivity contribution in [1.82, 2.24) is 10.6 Å². The van der Waals surface area contributed by atoms with Crippen molar-refractivity contribution < 1.29 is 27.9 Å². The van der Waals surface area contributed by atoms with Crippen LogP contribution in [0.1, 0.15) is 6.42 Å². The lowest BCUT2D eigenvalue weighted by Gasteiger charge is -2.06. The van der Waals surface area contributed by atoms with Crippen LogP contribution in [0.4, 0.5) is 8.78 Å². The topological polar surface area (TPSA) is 84.5 Å². The molecule has 0 saturated heterocycles. The fourth-order valence-electron chi connectivity index (χ4n) is 1.36. The maximum atomic E-state index is 13.0. The van der Waals surface area contributed by atoms with Crippen LogP contribution in [0.2, 0.25) is 0 Å². The number of benzene rings is 1. The number of thioether (sulfide) groups is 1. The van der Waals surface area contributed by atoms with Gasteiger partial charge in [-0.1, -0.05) is 0 Å². The second-order valence-corrected chi connectivity index (χ2v) is 5.45. The van der Waals surface area contributed by atoms with Gasteiger partial charge in [-0.05, 0) is 18.2 Å². The van der Waals surface area contributed by atoms with Gasteiger partial charge in [0.05, 0.1) is 13.0 Å². The molecule has 126 valence electrons. The van der Waals surface area contributed by atoms with E-state index in [2.05, 4.69) is 10.6 Å². The number of rotatable bonds is 8. The molecule has 0 aromatic heterocycles. The Kier molecular flexibility index (Phi) is 8.03. The Morgan fingerprint density at radius 3 is 2.57 bits per heavy atom. The molecule has 0 aliphatic heterocycles. The fourth-order valence-corrected chi connectivity index (χ4v) is 2.21. The van der Waals surface area contributed by atoms with Crippen molar-refractivity contribution in [2.45, 2.75) is 11.3 Å². The molecule has 0 aliphatic rings. The monoisotopic (exact) mass is 346 g/mol. The van der Waals surface area contributed by atoms with Crippen LogP contribution < -0.4 is 10.6 Å². The fraction of sp³-hybridized carbons (Fsp3) is 0.357. The molecule has 1 aromatic rings. The van der Waals surface area contributed by atoms with Crippen molar-refractivity contribution in [2.24, 2.45) is 0 Å². The van der Waals surface area contributed by atoms with Gasteiger partial charge < -0.3 is 15.4 Å². The highest BCUT2D eigenvalue weighted by Gasteiger charge is 2.09. The third-order valence-corrected chi connectivity index (χ3v) is 3.55. The quantitative estimate of drug-likeness (QED) is 0.539. The largest absolute Gasteiger partial charge is 0.456 e. The molecule has 0 heterocycles. The number of hydrogen-bond acceptors (Lipinski definition) is 5. The normalized spacial score (nSPS) is 10.0. The molecule has 1 rings (SSSR count). The highest BCUT2D eigenvalue weighted by atomic mass is 32.2. The van der Waals surface area contributed by atoms with Gasteiger partial charge in [0.15, 0.2) is 18.2 Å². The number of carbonyl (C=O) groups excluding carboxylic acids is 3. The highest BCUT2D eigenvalue weighted by molar-refractivity contribution is 7.99. The zero-order valence-corrected chi connectivity index (χ0v) is 13.2. The lowest BCUT2D eigenvalue weighted by molar-refractivity contribution is -0.148. The standard InChI is InChI=1S/C14H16F2N2O4S/c1-17-12(19)7-18-13(20)8-22-14(21)4-5-23-9-2-3-10(15)11(16)6-9/h2-3,6H,4-5,7-8H2,1H3,(H,17,19)(H,18,20). The van der Waals surface area contributed by atoms with E-state index in [4.69, 9.17) is 4.74 Å². The van der Waals surface area contributed by atoms with Gasteiger partial charge in [-0.2, -0.15) is 0 Å². The van der Waals surface area contributed by atoms with E-state index in [1.54, 1.807) is 0 Å². The van der Waals surface area contributed by atoms with Crippen LogP contribution in [0.3, 0.4) is 0 Å². The van der Waals surface area contributed by atoms with Crippen molar-refractivity contribution in [3.63, 3.8) is 0 Å². The van der Waals surface area contributed by atoms with E-state index in [1.807, 2.05) is 0 Å². The third-order valence-electron chi connectivity index (χ3n) is 2.56. The average molecular weight is 346 g/mol. The summed E-state index contributed by atoms with van der Waals surface area (Å²) in [4.78, 5) is 34.1. The number of nitrogens with one attached hydrogen (secondary N) is 2. The van der Waals surface area contributed by atoms with Gasteiger partial charge in [-0.3, -0.25) is 14.4 Å². The summed E-state index contributed by atoms with van der Waals surface area (Å²) in [6, 6.07) is 3.45. The molecule has 0 saturated carbocycles. The summed E-state index contributed by atoms with van der Waals surface area (Å²) in [6.07, 6.45) is 0.00634. The van der Waals surface area contributed by atoms with Crippen molar-refractivity contribution in [3.8, 4) is 0 Å². The predicted molar refractivity (Wildman–Crippen MR) is 79.7 cm³/mol. The Hall–Kier alpha value is -2.16. The minimum Gasteiger partial charge on any atom is -0.456 e. The molecular weight excluding hydrogens is 330 g/mol. The van der Waals surface area contributed by atoms with E-state index < -0.39 is 30.1 Å². The van der Waals surface area contributed by atoms with Gasteiger partial charge in [-0.15, -0.1) is 11.8 Å². The van der Waals surface area contributed by atoms with Gasteiger partial charge in [0.25, 0.3) is 5.91 Å². The minimum atomic E-state index is -0.953. The molecule has 0 bridgehead atoms. The first-order chi connectivity index (χ1) is 10.9. The Bertz CT molecular complexity index is 584. The maximum absolute atomic E-state index is 13.0. The molecule has 0 spiro atoms. The first-order valence-corrected chi connectivity index (χ1v) is 7.61. The summed E-state index contributed by atoms with van der Waals surface area (Å²) in [5.41, 5.74) is 0. The number of likely N-dealkylation sites (N-methyl/N-ethyl adjacent to an activating group) is 1. The molecule has 0 fully saturated rings. The number of ether oxygens (including phenoxy) is 1. The zero-order valence-electron chi connectivity index (χ0n) is 12.4. The average Bonchev–Trinajstić information content (AvgIpc) is 2.53. The molecule has 1 aromatic carbocycles. The zero-order chi connectivity index (χ0) is 17.2. The van der Waals surface area contributed by atoms with Crippen LogP contribution in [0.5, 0.6) is 0 Å². The molecule has 2 amide bonds. The summed E-state index contributed by atoms with van der Waals surface area (Å²) in [7, 11) is 1.43. The summed E-state index contributed by atoms with van der Waals surface area (Å²) in [6.45, 7) is -0.676. The summed E-state index contributed by atoms with van der Waals surface area (Å²) >= 11 is 1.16. The number of esters is 1. The SMILES string of the molecule is CNC(=O)CNC(=O)COC(=O)CCSc1ccc(F)c(F)c1. The second kappa shape index (κ2) is 9.78. The minimum absolute atomic E-state index is 0.00634. The first kappa shape index (κ1) is 18.9. The van der Waals surface area contributed by atoms with E-state index in [0.29, 0.717) is 10.6 Å². The predicted octanol–water partition coefficient (Wildman–Crippen LogP) is 0.852. The van der Waals surface area contributed by atoms with Crippen LogP contribution in [0.25, 0.3) is 0 Å². The van der Waals surface area contributed by atoms with E-state index in [1.165, 1.54) is 13.1 Å². The second-order valence-electron chi connectivity index (χ2n) is 4.28. The smallest absolute Gasteiger partial charge is 0.307 e. The molecule has 0 unspecified atom stereocenters. The first-order valence-electron chi connectivity index (χ1n) is 6.63. The summed E-state index contributed by atoms with van der Waals surface area (Å²) < 4.78 is 30.4. The Morgan fingerprint density at radius 1 is 1.17 bits per heavy atom. The van der Waals surface area contributed by atoms with Gasteiger partial charge in [-0.25, -0.2) is 8.78 Å². The number of hydrogen-bond donors (Lipinski definition) is 2. The van der Waals surface area contributed by atoms with Gasteiger partial charge in [0.2, 0.25) is 5.91 Å². The molecule has 6 nitrogen and oxygen atoms in total. The van der Waals surface area contributed by atoms with Crippen molar-refractivity contribution in [2.75, 3.05) is 26.0 Å². The Balaban J connectivity index is 2.20. The van der Waals surface area contributed by atoms with E-state index >= 15 is 0 Å². The Labute approximate surface area is 136 Å². The molecule has 0 aliphatic carbocycles. The maximum Gasteiger partial charge on any atom is 0.307 e. The molecule has 9 heteroatoms. The van der Waals surface area contributed by atoms with E-state index in [9.17, 15) is 23.2 Å². The number of halogens is 2. The third kappa shape index (κ3) is 7.59. The van der Waals surface area contributed by atoms with E-state index in [0.717, 1.165) is 23.9 Å². The van der Waals surface area contributed by atoms with E-state index in [-0.39, 0.29) is 18.9 Å². The number of amides is 2. The summed E-state index contributed by atoms with van der Waals surface area (Å²) in [5, 5.41) is 4.59. The molecule has 0 radical (unpaired) electrons. The molecular formula is C14H16F2N2O4S. The molecule has 0 atom stereocenters. The van der Waals surface area contributed by atoms with Crippen LogP contribution in [0, 0.1) is 11.6 Å².